The molecule has 1 saturated heterocycles. The minimum absolute atomic E-state index is 0.0723. The van der Waals surface area contributed by atoms with Gasteiger partial charge in [-0.05, 0) is 18.2 Å². The van der Waals surface area contributed by atoms with E-state index in [-0.39, 0.29) is 31.4 Å². The van der Waals surface area contributed by atoms with Crippen LogP contribution >= 0.6 is 11.6 Å². The number of hydrogen-bond donors (Lipinski definition) is 1. The zero-order chi connectivity index (χ0) is 13.7. The molecule has 0 saturated carbocycles. The van der Waals surface area contributed by atoms with Gasteiger partial charge in [0.25, 0.3) is 0 Å². The quantitative estimate of drug-likeness (QED) is 0.899. The third-order valence-corrected chi connectivity index (χ3v) is 3.01. The molecule has 0 bridgehead atoms. The molecule has 0 aliphatic carbocycles. The molecule has 0 unspecified atom stereocenters. The Hall–Kier alpha value is -1.75. The summed E-state index contributed by atoms with van der Waals surface area (Å²) in [5.74, 6) is 0.448. The SMILES string of the molecule is O=C1CN(C(=O)CCOc2cccc(Cl)c2)CCN1. The van der Waals surface area contributed by atoms with Crippen molar-refractivity contribution in [1.82, 2.24) is 10.2 Å². The number of carbonyl (C=O) groups excluding carboxylic acids is 2. The van der Waals surface area contributed by atoms with E-state index < -0.39 is 0 Å². The minimum atomic E-state index is -0.115. The van der Waals surface area contributed by atoms with Crippen LogP contribution in [0.5, 0.6) is 5.75 Å². The Morgan fingerprint density at radius 3 is 3.05 bits per heavy atom. The summed E-state index contributed by atoms with van der Waals surface area (Å²) in [6.45, 7) is 1.48. The van der Waals surface area contributed by atoms with Gasteiger partial charge >= 0.3 is 0 Å². The molecule has 1 aromatic rings. The van der Waals surface area contributed by atoms with Crippen LogP contribution in [0.2, 0.25) is 5.02 Å². The standard InChI is InChI=1S/C13H15ClN2O3/c14-10-2-1-3-11(8-10)19-7-4-13(18)16-6-5-15-12(17)9-16/h1-3,8H,4-7,9H2,(H,15,17). The van der Waals surface area contributed by atoms with Gasteiger partial charge in [-0.15, -0.1) is 0 Å². The van der Waals surface area contributed by atoms with Gasteiger partial charge in [0.2, 0.25) is 11.8 Å². The molecule has 0 atom stereocenters. The average Bonchev–Trinajstić information content (AvgIpc) is 2.38. The third kappa shape index (κ3) is 4.13. The highest BCUT2D eigenvalue weighted by Gasteiger charge is 2.20. The maximum Gasteiger partial charge on any atom is 0.239 e. The topological polar surface area (TPSA) is 58.6 Å². The Morgan fingerprint density at radius 1 is 1.47 bits per heavy atom. The summed E-state index contributed by atoms with van der Waals surface area (Å²) in [7, 11) is 0. The van der Waals surface area contributed by atoms with Gasteiger partial charge in [-0.1, -0.05) is 17.7 Å². The van der Waals surface area contributed by atoms with E-state index in [0.717, 1.165) is 0 Å². The van der Waals surface area contributed by atoms with Crippen molar-refractivity contribution >= 4 is 23.4 Å². The lowest BCUT2D eigenvalue weighted by Gasteiger charge is -2.26. The second-order valence-electron chi connectivity index (χ2n) is 4.22. The lowest BCUT2D eigenvalue weighted by molar-refractivity contribution is -0.138. The first-order valence-corrected chi connectivity index (χ1v) is 6.46. The average molecular weight is 283 g/mol. The fraction of sp³-hybridized carbons (Fsp3) is 0.385. The van der Waals surface area contributed by atoms with Gasteiger partial charge in [0.1, 0.15) is 5.75 Å². The molecule has 0 aromatic heterocycles. The minimum Gasteiger partial charge on any atom is -0.493 e. The molecule has 1 fully saturated rings. The third-order valence-electron chi connectivity index (χ3n) is 2.77. The van der Waals surface area contributed by atoms with Crippen LogP contribution in [0.15, 0.2) is 24.3 Å². The molecular weight excluding hydrogens is 268 g/mol. The fourth-order valence-electron chi connectivity index (χ4n) is 1.82. The van der Waals surface area contributed by atoms with E-state index in [4.69, 9.17) is 16.3 Å². The zero-order valence-electron chi connectivity index (χ0n) is 10.4. The van der Waals surface area contributed by atoms with E-state index >= 15 is 0 Å². The number of carbonyl (C=O) groups is 2. The maximum atomic E-state index is 11.8. The second kappa shape index (κ2) is 6.43. The molecule has 1 aromatic carbocycles. The summed E-state index contributed by atoms with van der Waals surface area (Å²) in [6.07, 6.45) is 0.250. The first-order chi connectivity index (χ1) is 9.15. The number of amides is 2. The molecule has 102 valence electrons. The van der Waals surface area contributed by atoms with Crippen LogP contribution in [0, 0.1) is 0 Å². The summed E-state index contributed by atoms with van der Waals surface area (Å²) >= 11 is 5.82. The van der Waals surface area contributed by atoms with Crippen molar-refractivity contribution in [2.75, 3.05) is 26.2 Å². The Morgan fingerprint density at radius 2 is 2.32 bits per heavy atom. The second-order valence-corrected chi connectivity index (χ2v) is 4.66. The predicted octanol–water partition coefficient (Wildman–Crippen LogP) is 1.07. The molecule has 1 aliphatic rings. The molecule has 2 amide bonds. The fourth-order valence-corrected chi connectivity index (χ4v) is 2.00. The van der Waals surface area contributed by atoms with Gasteiger partial charge in [-0.25, -0.2) is 0 Å². The lowest BCUT2D eigenvalue weighted by atomic mass is 10.3. The van der Waals surface area contributed by atoms with Crippen molar-refractivity contribution in [2.45, 2.75) is 6.42 Å². The summed E-state index contributed by atoms with van der Waals surface area (Å²) in [5.41, 5.74) is 0. The van der Waals surface area contributed by atoms with E-state index in [9.17, 15) is 9.59 Å². The number of halogens is 1. The van der Waals surface area contributed by atoms with Gasteiger partial charge in [-0.2, -0.15) is 0 Å². The van der Waals surface area contributed by atoms with Crippen LogP contribution in [0.4, 0.5) is 0 Å². The van der Waals surface area contributed by atoms with Crippen LogP contribution in [0.3, 0.4) is 0 Å². The van der Waals surface area contributed by atoms with E-state index in [1.807, 2.05) is 0 Å². The smallest absolute Gasteiger partial charge is 0.239 e. The lowest BCUT2D eigenvalue weighted by Crippen LogP contribution is -2.50. The van der Waals surface area contributed by atoms with Crippen molar-refractivity contribution in [3.8, 4) is 5.75 Å². The molecule has 0 spiro atoms. The first kappa shape index (κ1) is 13.7. The van der Waals surface area contributed by atoms with Crippen molar-refractivity contribution in [2.24, 2.45) is 0 Å². The largest absolute Gasteiger partial charge is 0.493 e. The van der Waals surface area contributed by atoms with Crippen molar-refractivity contribution < 1.29 is 14.3 Å². The molecule has 0 radical (unpaired) electrons. The highest BCUT2D eigenvalue weighted by atomic mass is 35.5. The summed E-state index contributed by atoms with van der Waals surface area (Å²) in [4.78, 5) is 24.5. The van der Waals surface area contributed by atoms with Crippen LogP contribution < -0.4 is 10.1 Å². The van der Waals surface area contributed by atoms with Gasteiger partial charge < -0.3 is 15.0 Å². The Kier molecular flexibility index (Phi) is 4.63. The van der Waals surface area contributed by atoms with Crippen molar-refractivity contribution in [3.63, 3.8) is 0 Å². The molecule has 6 heteroatoms. The number of benzene rings is 1. The molecular formula is C13H15ClN2O3. The molecule has 5 nitrogen and oxygen atoms in total. The molecule has 19 heavy (non-hydrogen) atoms. The van der Waals surface area contributed by atoms with Crippen LogP contribution in [-0.4, -0.2) is 43.0 Å². The highest BCUT2D eigenvalue weighted by Crippen LogP contribution is 2.17. The Balaban J connectivity index is 1.76. The predicted molar refractivity (Wildman–Crippen MR) is 71.2 cm³/mol. The zero-order valence-corrected chi connectivity index (χ0v) is 11.2. The van der Waals surface area contributed by atoms with E-state index in [0.29, 0.717) is 23.9 Å². The van der Waals surface area contributed by atoms with E-state index in [1.165, 1.54) is 0 Å². The van der Waals surface area contributed by atoms with Gasteiger partial charge in [0.15, 0.2) is 0 Å². The summed E-state index contributed by atoms with van der Waals surface area (Å²) in [5, 5.41) is 3.27. The number of nitrogens with one attached hydrogen (secondary N) is 1. The molecule has 1 aliphatic heterocycles. The van der Waals surface area contributed by atoms with Gasteiger partial charge in [0, 0.05) is 18.1 Å². The highest BCUT2D eigenvalue weighted by molar-refractivity contribution is 6.30. The Labute approximate surface area is 116 Å². The van der Waals surface area contributed by atoms with E-state index in [1.54, 1.807) is 29.2 Å². The maximum absolute atomic E-state index is 11.8. The summed E-state index contributed by atoms with van der Waals surface area (Å²) in [6, 6.07) is 7.02. The summed E-state index contributed by atoms with van der Waals surface area (Å²) < 4.78 is 5.44. The number of ether oxygens (including phenoxy) is 1. The van der Waals surface area contributed by atoms with Crippen molar-refractivity contribution in [3.05, 3.63) is 29.3 Å². The number of nitrogens with zero attached hydrogens (tertiary/aromatic N) is 1. The van der Waals surface area contributed by atoms with Crippen molar-refractivity contribution in [1.29, 1.82) is 0 Å². The number of piperazine rings is 1. The first-order valence-electron chi connectivity index (χ1n) is 6.08. The van der Waals surface area contributed by atoms with Crippen LogP contribution in [-0.2, 0) is 9.59 Å². The number of rotatable bonds is 4. The van der Waals surface area contributed by atoms with Crippen LogP contribution in [0.25, 0.3) is 0 Å². The molecule has 1 heterocycles. The number of hydrogen-bond acceptors (Lipinski definition) is 3. The van der Waals surface area contributed by atoms with Crippen LogP contribution in [0.1, 0.15) is 6.42 Å². The van der Waals surface area contributed by atoms with Gasteiger partial charge in [0.05, 0.1) is 19.6 Å². The van der Waals surface area contributed by atoms with E-state index in [2.05, 4.69) is 5.32 Å². The molecule has 2 rings (SSSR count). The monoisotopic (exact) mass is 282 g/mol. The Bertz CT molecular complexity index is 479. The molecule has 1 N–H and O–H groups in total. The normalized spacial score (nSPS) is 15.0. The van der Waals surface area contributed by atoms with Gasteiger partial charge in [-0.3, -0.25) is 9.59 Å².